The third kappa shape index (κ3) is 5.11. The SMILES string of the molecule is CCOC(=O)c1nn(-c2ccc(C)cc2)c(=O)cc1NC(=O)c1ccc(C(C)(C)C)cc1. The molecule has 1 amide bonds. The van der Waals surface area contributed by atoms with E-state index in [2.05, 4.69) is 31.2 Å². The van der Waals surface area contributed by atoms with E-state index in [-0.39, 0.29) is 23.4 Å². The highest BCUT2D eigenvalue weighted by molar-refractivity contribution is 6.07. The van der Waals surface area contributed by atoms with Crippen LogP contribution in [0.15, 0.2) is 59.4 Å². The number of aromatic nitrogens is 2. The van der Waals surface area contributed by atoms with Gasteiger partial charge in [-0.25, -0.2) is 4.79 Å². The Bertz CT molecular complexity index is 1190. The van der Waals surface area contributed by atoms with Crippen molar-refractivity contribution in [1.29, 1.82) is 0 Å². The number of rotatable bonds is 5. The number of ether oxygens (including phenoxy) is 1. The van der Waals surface area contributed by atoms with Crippen molar-refractivity contribution in [2.24, 2.45) is 0 Å². The third-order valence-electron chi connectivity index (χ3n) is 4.94. The number of hydrogen-bond acceptors (Lipinski definition) is 5. The summed E-state index contributed by atoms with van der Waals surface area (Å²) in [5.74, 6) is -1.18. The number of nitrogens with one attached hydrogen (secondary N) is 1. The minimum absolute atomic E-state index is 0.00158. The van der Waals surface area contributed by atoms with Crippen LogP contribution in [0.2, 0.25) is 0 Å². The lowest BCUT2D eigenvalue weighted by molar-refractivity contribution is 0.0518. The second-order valence-corrected chi connectivity index (χ2v) is 8.49. The molecule has 1 aromatic heterocycles. The molecule has 0 aliphatic rings. The predicted molar refractivity (Wildman–Crippen MR) is 124 cm³/mol. The van der Waals surface area contributed by atoms with Gasteiger partial charge in [-0.15, -0.1) is 0 Å². The Labute approximate surface area is 187 Å². The lowest BCUT2D eigenvalue weighted by atomic mass is 9.87. The number of benzene rings is 2. The molecule has 7 nitrogen and oxygen atoms in total. The monoisotopic (exact) mass is 433 g/mol. The summed E-state index contributed by atoms with van der Waals surface area (Å²) in [4.78, 5) is 38.1. The van der Waals surface area contributed by atoms with E-state index in [0.717, 1.165) is 15.8 Å². The summed E-state index contributed by atoms with van der Waals surface area (Å²) in [6.07, 6.45) is 0. The molecular formula is C25H27N3O4. The van der Waals surface area contributed by atoms with Crippen LogP contribution in [-0.4, -0.2) is 28.3 Å². The van der Waals surface area contributed by atoms with Crippen LogP contribution in [-0.2, 0) is 10.2 Å². The van der Waals surface area contributed by atoms with Crippen LogP contribution in [0.5, 0.6) is 0 Å². The number of amides is 1. The van der Waals surface area contributed by atoms with Crippen molar-refractivity contribution in [1.82, 2.24) is 9.78 Å². The Morgan fingerprint density at radius 3 is 2.22 bits per heavy atom. The Hall–Kier alpha value is -3.74. The summed E-state index contributed by atoms with van der Waals surface area (Å²) in [7, 11) is 0. The van der Waals surface area contributed by atoms with Gasteiger partial charge in [0.25, 0.3) is 11.5 Å². The molecule has 0 atom stereocenters. The summed E-state index contributed by atoms with van der Waals surface area (Å²) in [6, 6.07) is 15.5. The highest BCUT2D eigenvalue weighted by Gasteiger charge is 2.21. The maximum absolute atomic E-state index is 12.8. The first-order valence-electron chi connectivity index (χ1n) is 10.4. The molecule has 166 valence electrons. The molecule has 0 aliphatic heterocycles. The molecular weight excluding hydrogens is 406 g/mol. The summed E-state index contributed by atoms with van der Waals surface area (Å²) in [5.41, 5.74) is 2.33. The molecule has 1 heterocycles. The molecule has 0 fully saturated rings. The Kier molecular flexibility index (Phi) is 6.58. The quantitative estimate of drug-likeness (QED) is 0.607. The van der Waals surface area contributed by atoms with Gasteiger partial charge in [-0.2, -0.15) is 9.78 Å². The predicted octanol–water partition coefficient (Wildman–Crippen LogP) is 4.27. The van der Waals surface area contributed by atoms with E-state index in [9.17, 15) is 14.4 Å². The Morgan fingerprint density at radius 1 is 1.03 bits per heavy atom. The first kappa shape index (κ1) is 22.9. The third-order valence-corrected chi connectivity index (χ3v) is 4.94. The zero-order valence-electron chi connectivity index (χ0n) is 18.9. The fraction of sp³-hybridized carbons (Fsp3) is 0.280. The standard InChI is InChI=1S/C25H27N3O4/c1-6-32-24(31)22-20(15-21(29)28(27-22)19-13-7-16(2)8-14-19)26-23(30)17-9-11-18(12-10-17)25(3,4)5/h7-15H,6H2,1-5H3,(H,26,30). The van der Waals surface area contributed by atoms with Crippen molar-refractivity contribution in [2.45, 2.75) is 40.0 Å². The van der Waals surface area contributed by atoms with Crippen molar-refractivity contribution >= 4 is 17.6 Å². The molecule has 0 spiro atoms. The van der Waals surface area contributed by atoms with Crippen LogP contribution >= 0.6 is 0 Å². The van der Waals surface area contributed by atoms with E-state index in [1.165, 1.54) is 6.07 Å². The van der Waals surface area contributed by atoms with E-state index < -0.39 is 17.4 Å². The zero-order valence-corrected chi connectivity index (χ0v) is 18.9. The van der Waals surface area contributed by atoms with Gasteiger partial charge in [0.1, 0.15) is 0 Å². The summed E-state index contributed by atoms with van der Waals surface area (Å²) < 4.78 is 6.20. The number of nitrogens with zero attached hydrogens (tertiary/aromatic N) is 2. The molecule has 2 aromatic carbocycles. The van der Waals surface area contributed by atoms with Crippen LogP contribution < -0.4 is 10.9 Å². The van der Waals surface area contributed by atoms with Gasteiger partial charge in [0.2, 0.25) is 0 Å². The lowest BCUT2D eigenvalue weighted by Gasteiger charge is -2.19. The van der Waals surface area contributed by atoms with Gasteiger partial charge in [-0.3, -0.25) is 9.59 Å². The largest absolute Gasteiger partial charge is 0.461 e. The van der Waals surface area contributed by atoms with Gasteiger partial charge < -0.3 is 10.1 Å². The summed E-state index contributed by atoms with van der Waals surface area (Å²) >= 11 is 0. The zero-order chi connectivity index (χ0) is 23.5. The number of aryl methyl sites for hydroxylation is 1. The van der Waals surface area contributed by atoms with E-state index in [1.807, 2.05) is 31.2 Å². The Morgan fingerprint density at radius 2 is 1.66 bits per heavy atom. The molecule has 0 bridgehead atoms. The molecule has 1 N–H and O–H groups in total. The molecule has 32 heavy (non-hydrogen) atoms. The van der Waals surface area contributed by atoms with E-state index in [0.29, 0.717) is 11.3 Å². The van der Waals surface area contributed by atoms with Crippen molar-refractivity contribution in [2.75, 3.05) is 11.9 Å². The van der Waals surface area contributed by atoms with Gasteiger partial charge in [-0.1, -0.05) is 50.6 Å². The summed E-state index contributed by atoms with van der Waals surface area (Å²) in [5, 5.41) is 6.84. The minimum Gasteiger partial charge on any atom is -0.461 e. The van der Waals surface area contributed by atoms with Crippen LogP contribution in [0, 0.1) is 6.92 Å². The smallest absolute Gasteiger partial charge is 0.360 e. The number of anilines is 1. The van der Waals surface area contributed by atoms with Gasteiger partial charge >= 0.3 is 5.97 Å². The fourth-order valence-corrected chi connectivity index (χ4v) is 3.09. The molecule has 0 saturated carbocycles. The van der Waals surface area contributed by atoms with Crippen LogP contribution in [0.1, 0.15) is 59.7 Å². The molecule has 0 radical (unpaired) electrons. The number of carbonyl (C=O) groups is 2. The topological polar surface area (TPSA) is 90.3 Å². The first-order chi connectivity index (χ1) is 15.1. The normalized spacial score (nSPS) is 11.2. The van der Waals surface area contributed by atoms with Crippen LogP contribution in [0.4, 0.5) is 5.69 Å². The number of hydrogen-bond donors (Lipinski definition) is 1. The van der Waals surface area contributed by atoms with Crippen molar-refractivity contribution < 1.29 is 14.3 Å². The van der Waals surface area contributed by atoms with Gasteiger partial charge in [0.05, 0.1) is 18.0 Å². The first-order valence-corrected chi connectivity index (χ1v) is 10.4. The van der Waals surface area contributed by atoms with Gasteiger partial charge in [0, 0.05) is 11.6 Å². The van der Waals surface area contributed by atoms with Crippen molar-refractivity contribution in [3.05, 3.63) is 87.3 Å². The van der Waals surface area contributed by atoms with Gasteiger partial charge in [0.15, 0.2) is 5.69 Å². The maximum atomic E-state index is 12.8. The van der Waals surface area contributed by atoms with Crippen LogP contribution in [0.3, 0.4) is 0 Å². The molecule has 7 heteroatoms. The summed E-state index contributed by atoms with van der Waals surface area (Å²) in [6.45, 7) is 9.98. The van der Waals surface area contributed by atoms with Crippen molar-refractivity contribution in [3.63, 3.8) is 0 Å². The Balaban J connectivity index is 1.98. The number of carbonyl (C=O) groups excluding carboxylic acids is 2. The highest BCUT2D eigenvalue weighted by atomic mass is 16.5. The maximum Gasteiger partial charge on any atom is 0.360 e. The average Bonchev–Trinajstić information content (AvgIpc) is 2.74. The second kappa shape index (κ2) is 9.18. The minimum atomic E-state index is -0.730. The van der Waals surface area contributed by atoms with E-state index >= 15 is 0 Å². The molecule has 0 saturated heterocycles. The van der Waals surface area contributed by atoms with Crippen LogP contribution in [0.25, 0.3) is 5.69 Å². The highest BCUT2D eigenvalue weighted by Crippen LogP contribution is 2.23. The van der Waals surface area contributed by atoms with E-state index in [4.69, 9.17) is 4.74 Å². The molecule has 0 aliphatic carbocycles. The number of esters is 1. The van der Waals surface area contributed by atoms with E-state index in [1.54, 1.807) is 31.2 Å². The molecule has 3 rings (SSSR count). The van der Waals surface area contributed by atoms with Crippen molar-refractivity contribution in [3.8, 4) is 5.69 Å². The lowest BCUT2D eigenvalue weighted by Crippen LogP contribution is -2.27. The molecule has 3 aromatic rings. The fourth-order valence-electron chi connectivity index (χ4n) is 3.09. The average molecular weight is 434 g/mol. The second-order valence-electron chi connectivity index (χ2n) is 8.49. The molecule has 0 unspecified atom stereocenters. The van der Waals surface area contributed by atoms with Gasteiger partial charge in [-0.05, 0) is 49.1 Å².